The van der Waals surface area contributed by atoms with Crippen LogP contribution >= 0.6 is 0 Å². The van der Waals surface area contributed by atoms with E-state index in [4.69, 9.17) is 0 Å². The van der Waals surface area contributed by atoms with Gasteiger partial charge in [-0.1, -0.05) is 12.1 Å². The first-order chi connectivity index (χ1) is 20.4. The molecule has 0 saturated carbocycles. The number of nitrogens with zero attached hydrogens (tertiary/aromatic N) is 2. The maximum absolute atomic E-state index is 13.7. The van der Waals surface area contributed by atoms with Crippen LogP contribution in [0.15, 0.2) is 94.7 Å². The Bertz CT molecular complexity index is 1960. The predicted molar refractivity (Wildman–Crippen MR) is 147 cm³/mol. The van der Waals surface area contributed by atoms with Crippen LogP contribution in [0, 0.1) is 0 Å². The van der Waals surface area contributed by atoms with Crippen LogP contribution in [0.5, 0.6) is 0 Å². The van der Waals surface area contributed by atoms with Crippen molar-refractivity contribution in [3.8, 4) is 0 Å². The molecule has 0 aliphatic carbocycles. The Morgan fingerprint density at radius 1 is 0.512 bits per heavy atom. The molecular formula is C30H16N2O10S. The van der Waals surface area contributed by atoms with Crippen LogP contribution < -0.4 is 9.80 Å². The molecule has 0 spiro atoms. The van der Waals surface area contributed by atoms with Crippen LogP contribution in [0.1, 0.15) is 62.1 Å². The standard InChI is InChI=1S/C30H16N2O10S/c33-25-21-9-7-15(29(37)38)11-23(21)27(35)31(25)17-3-1-5-19(13-17)43(41,42)20-6-2-4-18(14-20)32-26(34)22-10-8-16(30(39)40)12-24(22)28(32)36/h1-14H,(H,37,38)(H,39,40). The monoisotopic (exact) mass is 596 g/mol. The van der Waals surface area contributed by atoms with Gasteiger partial charge >= 0.3 is 11.9 Å². The molecule has 2 aliphatic rings. The van der Waals surface area contributed by atoms with Gasteiger partial charge in [-0.05, 0) is 72.8 Å². The van der Waals surface area contributed by atoms with E-state index >= 15 is 0 Å². The fourth-order valence-electron chi connectivity index (χ4n) is 4.93. The fraction of sp³-hybridized carbons (Fsp3) is 0. The number of hydrogen-bond acceptors (Lipinski definition) is 8. The minimum atomic E-state index is -4.34. The van der Waals surface area contributed by atoms with Crippen molar-refractivity contribution in [2.75, 3.05) is 9.80 Å². The number of rotatable bonds is 6. The molecule has 2 heterocycles. The zero-order chi connectivity index (χ0) is 30.8. The van der Waals surface area contributed by atoms with Crippen molar-refractivity contribution in [3.63, 3.8) is 0 Å². The molecule has 6 rings (SSSR count). The molecule has 4 aromatic carbocycles. The molecule has 0 saturated heterocycles. The Hall–Kier alpha value is -5.95. The third-order valence-corrected chi connectivity index (χ3v) is 8.79. The first kappa shape index (κ1) is 27.2. The highest BCUT2D eigenvalue weighted by Gasteiger charge is 2.39. The second-order valence-electron chi connectivity index (χ2n) is 9.52. The minimum Gasteiger partial charge on any atom is -0.478 e. The number of anilines is 2. The highest BCUT2D eigenvalue weighted by molar-refractivity contribution is 7.91. The van der Waals surface area contributed by atoms with Crippen molar-refractivity contribution >= 4 is 56.8 Å². The molecule has 12 nitrogen and oxygen atoms in total. The predicted octanol–water partition coefficient (Wildman–Crippen LogP) is 3.52. The molecule has 0 aromatic heterocycles. The summed E-state index contributed by atoms with van der Waals surface area (Å²) in [7, 11) is -4.34. The third kappa shape index (κ3) is 4.18. The second kappa shape index (κ2) is 9.56. The summed E-state index contributed by atoms with van der Waals surface area (Å²) in [6.45, 7) is 0. The molecule has 2 N–H and O–H groups in total. The Morgan fingerprint density at radius 3 is 1.26 bits per heavy atom. The van der Waals surface area contributed by atoms with Crippen molar-refractivity contribution in [2.24, 2.45) is 0 Å². The van der Waals surface area contributed by atoms with Gasteiger partial charge in [-0.3, -0.25) is 19.2 Å². The van der Waals surface area contributed by atoms with Gasteiger partial charge in [0.25, 0.3) is 23.6 Å². The molecule has 0 atom stereocenters. The van der Waals surface area contributed by atoms with E-state index in [-0.39, 0.29) is 54.5 Å². The smallest absolute Gasteiger partial charge is 0.335 e. The summed E-state index contributed by atoms with van der Waals surface area (Å²) >= 11 is 0. The summed E-state index contributed by atoms with van der Waals surface area (Å²) in [6, 6.07) is 17.0. The average molecular weight is 597 g/mol. The number of carboxylic acid groups (broad SMARTS) is 2. The number of benzene rings is 4. The summed E-state index contributed by atoms with van der Waals surface area (Å²) in [4.78, 5) is 75.8. The van der Waals surface area contributed by atoms with Crippen molar-refractivity contribution in [1.82, 2.24) is 0 Å². The lowest BCUT2D eigenvalue weighted by Crippen LogP contribution is -2.29. The van der Waals surface area contributed by atoms with E-state index in [2.05, 4.69) is 0 Å². The van der Waals surface area contributed by atoms with Gasteiger partial charge in [0.1, 0.15) is 0 Å². The first-order valence-corrected chi connectivity index (χ1v) is 13.9. The van der Waals surface area contributed by atoms with E-state index in [1.165, 1.54) is 60.7 Å². The number of fused-ring (bicyclic) bond motifs is 2. The van der Waals surface area contributed by atoms with E-state index in [9.17, 15) is 47.4 Å². The Labute approximate surface area is 241 Å². The fourth-order valence-corrected chi connectivity index (χ4v) is 6.27. The first-order valence-electron chi connectivity index (χ1n) is 12.4. The van der Waals surface area contributed by atoms with Gasteiger partial charge < -0.3 is 10.2 Å². The Balaban J connectivity index is 1.34. The van der Waals surface area contributed by atoms with Gasteiger partial charge in [0.05, 0.1) is 54.5 Å². The highest BCUT2D eigenvalue weighted by Crippen LogP contribution is 2.34. The van der Waals surface area contributed by atoms with Gasteiger partial charge in [-0.25, -0.2) is 27.8 Å². The summed E-state index contributed by atoms with van der Waals surface area (Å²) < 4.78 is 27.3. The molecule has 2 aliphatic heterocycles. The lowest BCUT2D eigenvalue weighted by molar-refractivity contribution is 0.0686. The van der Waals surface area contributed by atoms with E-state index in [1.54, 1.807) is 0 Å². The molecule has 0 bridgehead atoms. The lowest BCUT2D eigenvalue weighted by Gasteiger charge is -2.17. The topological polar surface area (TPSA) is 183 Å². The van der Waals surface area contributed by atoms with Gasteiger partial charge in [0.15, 0.2) is 0 Å². The van der Waals surface area contributed by atoms with Crippen molar-refractivity contribution in [1.29, 1.82) is 0 Å². The number of aromatic carboxylic acids is 2. The van der Waals surface area contributed by atoms with E-state index < -0.39 is 45.4 Å². The van der Waals surface area contributed by atoms with Crippen molar-refractivity contribution < 1.29 is 47.4 Å². The molecule has 43 heavy (non-hydrogen) atoms. The van der Waals surface area contributed by atoms with Crippen LogP contribution in [0.3, 0.4) is 0 Å². The van der Waals surface area contributed by atoms with Crippen LogP contribution in [0.4, 0.5) is 11.4 Å². The molecule has 0 fully saturated rings. The van der Waals surface area contributed by atoms with E-state index in [0.717, 1.165) is 34.1 Å². The zero-order valence-electron chi connectivity index (χ0n) is 21.5. The zero-order valence-corrected chi connectivity index (χ0v) is 22.4. The largest absolute Gasteiger partial charge is 0.478 e. The summed E-state index contributed by atoms with van der Waals surface area (Å²) in [5.41, 5.74) is -0.884. The van der Waals surface area contributed by atoms with Gasteiger partial charge in [-0.15, -0.1) is 0 Å². The number of carbonyl (C=O) groups excluding carboxylic acids is 4. The van der Waals surface area contributed by atoms with Crippen LogP contribution in [0.25, 0.3) is 0 Å². The Kier molecular flexibility index (Phi) is 6.06. The molecule has 4 aromatic rings. The normalized spacial score (nSPS) is 14.2. The SMILES string of the molecule is O=C(O)c1ccc2c(c1)C(=O)N(c1cccc(S(=O)(=O)c3cccc(N4C(=O)c5ccc(C(=O)O)cc5C4=O)c3)c1)C2=O. The van der Waals surface area contributed by atoms with Gasteiger partial charge in [0.2, 0.25) is 9.84 Å². The number of sulfone groups is 1. The van der Waals surface area contributed by atoms with Crippen molar-refractivity contribution in [3.05, 3.63) is 118 Å². The third-order valence-electron chi connectivity index (χ3n) is 7.04. The quantitative estimate of drug-likeness (QED) is 0.312. The van der Waals surface area contributed by atoms with Gasteiger partial charge in [-0.2, -0.15) is 0 Å². The molecule has 13 heteroatoms. The van der Waals surface area contributed by atoms with E-state index in [0.29, 0.717) is 0 Å². The molecule has 4 amide bonds. The average Bonchev–Trinajstić information content (AvgIpc) is 3.40. The number of amides is 4. The maximum atomic E-state index is 13.7. The summed E-state index contributed by atoms with van der Waals surface area (Å²) in [6.07, 6.45) is 0. The minimum absolute atomic E-state index is 0.0348. The highest BCUT2D eigenvalue weighted by atomic mass is 32.2. The second-order valence-corrected chi connectivity index (χ2v) is 11.5. The molecular weight excluding hydrogens is 580 g/mol. The molecule has 0 unspecified atom stereocenters. The number of carbonyl (C=O) groups is 6. The maximum Gasteiger partial charge on any atom is 0.335 e. The number of hydrogen-bond donors (Lipinski definition) is 2. The molecule has 212 valence electrons. The number of imide groups is 2. The van der Waals surface area contributed by atoms with Crippen LogP contribution in [-0.4, -0.2) is 54.2 Å². The Morgan fingerprint density at radius 2 is 0.884 bits per heavy atom. The summed E-state index contributed by atoms with van der Waals surface area (Å²) in [5, 5.41) is 18.5. The van der Waals surface area contributed by atoms with E-state index in [1.807, 2.05) is 0 Å². The van der Waals surface area contributed by atoms with Crippen LogP contribution in [0.2, 0.25) is 0 Å². The van der Waals surface area contributed by atoms with Gasteiger partial charge in [0, 0.05) is 0 Å². The lowest BCUT2D eigenvalue weighted by atomic mass is 10.1. The van der Waals surface area contributed by atoms with Crippen LogP contribution in [-0.2, 0) is 9.84 Å². The molecule has 0 radical (unpaired) electrons. The summed E-state index contributed by atoms with van der Waals surface area (Å²) in [5.74, 6) is -5.74. The van der Waals surface area contributed by atoms with Crippen molar-refractivity contribution in [2.45, 2.75) is 9.79 Å². The number of carboxylic acids is 2.